The normalized spacial score (nSPS) is 16.4. The molecule has 3 N–H and O–H groups in total. The Bertz CT molecular complexity index is 1650. The van der Waals surface area contributed by atoms with Crippen molar-refractivity contribution < 1.29 is 19.1 Å². The van der Waals surface area contributed by atoms with Gasteiger partial charge in [0.25, 0.3) is 11.8 Å². The third-order valence-corrected chi connectivity index (χ3v) is 8.09. The maximum atomic E-state index is 13.5. The molecule has 1 fully saturated rings. The lowest BCUT2D eigenvalue weighted by atomic mass is 9.89. The van der Waals surface area contributed by atoms with E-state index in [4.69, 9.17) is 26.8 Å². The molecule has 2 aliphatic heterocycles. The van der Waals surface area contributed by atoms with Gasteiger partial charge in [0.1, 0.15) is 17.7 Å². The predicted octanol–water partition coefficient (Wildman–Crippen LogP) is 4.12. The number of nitrogens with zero attached hydrogens (tertiary/aromatic N) is 5. The van der Waals surface area contributed by atoms with E-state index in [0.717, 1.165) is 73.5 Å². The van der Waals surface area contributed by atoms with Crippen molar-refractivity contribution in [3.05, 3.63) is 75.9 Å². The molecular weight excluding hydrogens is 570 g/mol. The van der Waals surface area contributed by atoms with Crippen LogP contribution in [0, 0.1) is 0 Å². The molecule has 11 nitrogen and oxygen atoms in total. The number of nitrogens with two attached hydrogens (primary N) is 1. The molecule has 6 rings (SSSR count). The van der Waals surface area contributed by atoms with E-state index in [1.807, 2.05) is 43.3 Å². The molecule has 3 heterocycles. The van der Waals surface area contributed by atoms with E-state index in [0.29, 0.717) is 22.9 Å². The number of rotatable bonds is 7. The van der Waals surface area contributed by atoms with Crippen molar-refractivity contribution in [2.75, 3.05) is 55.2 Å². The molecule has 0 spiro atoms. The summed E-state index contributed by atoms with van der Waals surface area (Å²) in [6.07, 6.45) is 2.68. The number of primary amides is 1. The van der Waals surface area contributed by atoms with Crippen LogP contribution in [0.4, 0.5) is 17.2 Å². The number of piperazine rings is 1. The maximum Gasteiger partial charge on any atom is 0.275 e. The second-order valence-corrected chi connectivity index (χ2v) is 11.1. The number of halogens is 1. The number of hydrogen-bond donors (Lipinski definition) is 2. The van der Waals surface area contributed by atoms with Crippen LogP contribution in [-0.2, 0) is 11.2 Å². The highest BCUT2D eigenvalue weighted by Crippen LogP contribution is 2.41. The van der Waals surface area contributed by atoms with Gasteiger partial charge in [-0.05, 0) is 74.3 Å². The number of likely N-dealkylation sites (N-methyl/N-ethyl adjacent to an activating group) is 1. The fourth-order valence-electron chi connectivity index (χ4n) is 5.44. The number of carbonyl (C=O) groups excluding carboxylic acids is 2. The number of nitrogens with one attached hydrogen (secondary N) is 1. The van der Waals surface area contributed by atoms with Gasteiger partial charge in [0.05, 0.1) is 16.4 Å². The Morgan fingerprint density at radius 2 is 1.84 bits per heavy atom. The number of carbonyl (C=O) groups is 2. The van der Waals surface area contributed by atoms with Gasteiger partial charge < -0.3 is 30.3 Å². The Morgan fingerprint density at radius 3 is 2.63 bits per heavy atom. The first-order valence-electron chi connectivity index (χ1n) is 14.0. The molecule has 1 saturated heterocycles. The monoisotopic (exact) mass is 601 g/mol. The average molecular weight is 602 g/mol. The van der Waals surface area contributed by atoms with E-state index < -0.39 is 11.8 Å². The number of amides is 2. The zero-order valence-electron chi connectivity index (χ0n) is 24.0. The predicted molar refractivity (Wildman–Crippen MR) is 167 cm³/mol. The Balaban J connectivity index is 1.32. The third kappa shape index (κ3) is 5.99. The molecule has 0 saturated carbocycles. The minimum absolute atomic E-state index is 0.133. The number of fused-ring (bicyclic) bond motifs is 2. The number of aryl methyl sites for hydroxylation is 1. The molecule has 1 aromatic heterocycles. The molecule has 3 aromatic rings. The first-order valence-corrected chi connectivity index (χ1v) is 14.4. The van der Waals surface area contributed by atoms with E-state index >= 15 is 0 Å². The van der Waals surface area contributed by atoms with E-state index in [-0.39, 0.29) is 17.5 Å². The zero-order valence-corrected chi connectivity index (χ0v) is 24.7. The van der Waals surface area contributed by atoms with E-state index in [2.05, 4.69) is 32.2 Å². The lowest BCUT2D eigenvalue weighted by Gasteiger charge is -2.33. The minimum atomic E-state index is -0.677. The molecule has 0 radical (unpaired) electrons. The van der Waals surface area contributed by atoms with Gasteiger partial charge in [-0.3, -0.25) is 9.59 Å². The Kier molecular flexibility index (Phi) is 7.92. The van der Waals surface area contributed by atoms with Crippen molar-refractivity contribution in [3.63, 3.8) is 0 Å². The molecule has 43 heavy (non-hydrogen) atoms. The summed E-state index contributed by atoms with van der Waals surface area (Å²) in [5.41, 5.74) is 10.6. The molecule has 222 valence electrons. The topological polar surface area (TPSA) is 126 Å². The van der Waals surface area contributed by atoms with Gasteiger partial charge in [-0.25, -0.2) is 9.99 Å². The van der Waals surface area contributed by atoms with Crippen molar-refractivity contribution in [2.24, 2.45) is 10.8 Å². The van der Waals surface area contributed by atoms with Crippen LogP contribution in [0.2, 0.25) is 5.02 Å². The van der Waals surface area contributed by atoms with Gasteiger partial charge >= 0.3 is 0 Å². The highest BCUT2D eigenvalue weighted by Gasteiger charge is 2.26. The van der Waals surface area contributed by atoms with Crippen LogP contribution in [-0.4, -0.2) is 67.9 Å². The van der Waals surface area contributed by atoms with Gasteiger partial charge in [0.2, 0.25) is 6.79 Å². The number of pyridine rings is 1. The standard InChI is InChI=1S/C31H32ClN7O4/c1-19-3-4-20-5-6-21(35-31(41)29-24(32)8-10-28(36-29)38-13-11-37(2)12-14-38)15-23(20)30(19)39(34-17-27(33)40)22-7-9-25-26(16-22)43-18-42-25/h5-10,15-17H,3-4,11-14,18H2,1-2H3,(H2,33,40)(H,35,41)/b34-17+. The van der Waals surface area contributed by atoms with Crippen molar-refractivity contribution in [3.8, 4) is 11.5 Å². The number of ether oxygens (including phenoxy) is 2. The second kappa shape index (κ2) is 11.9. The summed E-state index contributed by atoms with van der Waals surface area (Å²) in [6, 6.07) is 14.8. The third-order valence-electron chi connectivity index (χ3n) is 7.78. The zero-order chi connectivity index (χ0) is 30.1. The van der Waals surface area contributed by atoms with E-state index in [1.54, 1.807) is 17.1 Å². The molecule has 2 aromatic carbocycles. The molecule has 0 atom stereocenters. The number of allylic oxidation sites excluding steroid dienone is 1. The summed E-state index contributed by atoms with van der Waals surface area (Å²) in [5.74, 6) is 0.852. The largest absolute Gasteiger partial charge is 0.454 e. The SMILES string of the molecule is CC1=C(N(/N=C/C(N)=O)c2ccc3c(c2)OCO3)c2cc(NC(=O)c3nc(N4CCN(C)CC4)ccc3Cl)ccc2CC1. The first-order chi connectivity index (χ1) is 20.8. The molecular formula is C31H32ClN7O4. The molecule has 12 heteroatoms. The highest BCUT2D eigenvalue weighted by atomic mass is 35.5. The fraction of sp³-hybridized carbons (Fsp3) is 0.290. The Labute approximate surface area is 254 Å². The lowest BCUT2D eigenvalue weighted by molar-refractivity contribution is -0.111. The number of hydrogen-bond acceptors (Lipinski definition) is 9. The highest BCUT2D eigenvalue weighted by molar-refractivity contribution is 6.34. The van der Waals surface area contributed by atoms with Crippen LogP contribution < -0.4 is 30.4 Å². The van der Waals surface area contributed by atoms with E-state index in [1.165, 1.54) is 0 Å². The van der Waals surface area contributed by atoms with Crippen molar-refractivity contribution in [2.45, 2.75) is 19.8 Å². The van der Waals surface area contributed by atoms with Crippen LogP contribution in [0.1, 0.15) is 35.0 Å². The molecule has 1 aliphatic carbocycles. The number of hydrazone groups is 1. The van der Waals surface area contributed by atoms with Gasteiger partial charge in [0, 0.05) is 43.5 Å². The van der Waals surface area contributed by atoms with Gasteiger partial charge in [-0.1, -0.05) is 17.7 Å². The summed E-state index contributed by atoms with van der Waals surface area (Å²) in [6.45, 7) is 5.64. The Hall–Kier alpha value is -4.61. The van der Waals surface area contributed by atoms with Gasteiger partial charge in [-0.2, -0.15) is 5.10 Å². The summed E-state index contributed by atoms with van der Waals surface area (Å²) < 4.78 is 11.1. The minimum Gasteiger partial charge on any atom is -0.454 e. The Morgan fingerprint density at radius 1 is 1.05 bits per heavy atom. The summed E-state index contributed by atoms with van der Waals surface area (Å²) in [4.78, 5) is 34.2. The van der Waals surface area contributed by atoms with Crippen LogP contribution in [0.25, 0.3) is 5.70 Å². The van der Waals surface area contributed by atoms with Gasteiger partial charge in [-0.15, -0.1) is 0 Å². The molecule has 0 bridgehead atoms. The van der Waals surface area contributed by atoms with Crippen LogP contribution in [0.3, 0.4) is 0 Å². The van der Waals surface area contributed by atoms with Crippen LogP contribution >= 0.6 is 11.6 Å². The van der Waals surface area contributed by atoms with Crippen molar-refractivity contribution >= 4 is 52.5 Å². The quantitative estimate of drug-likeness (QED) is 0.306. The second-order valence-electron chi connectivity index (χ2n) is 10.7. The van der Waals surface area contributed by atoms with E-state index in [9.17, 15) is 9.59 Å². The van der Waals surface area contributed by atoms with Crippen molar-refractivity contribution in [1.29, 1.82) is 0 Å². The number of benzene rings is 2. The van der Waals surface area contributed by atoms with Gasteiger partial charge in [0.15, 0.2) is 11.5 Å². The first kappa shape index (κ1) is 28.5. The van der Waals surface area contributed by atoms with Crippen molar-refractivity contribution in [1.82, 2.24) is 9.88 Å². The molecule has 2 amide bonds. The summed E-state index contributed by atoms with van der Waals surface area (Å²) in [5, 5.41) is 9.39. The number of anilines is 3. The summed E-state index contributed by atoms with van der Waals surface area (Å²) >= 11 is 6.45. The molecule has 3 aliphatic rings. The average Bonchev–Trinajstić information content (AvgIpc) is 3.47. The maximum absolute atomic E-state index is 13.5. The molecule has 0 unspecified atom stereocenters. The fourth-order valence-corrected chi connectivity index (χ4v) is 5.63. The van der Waals surface area contributed by atoms with Crippen LogP contribution in [0.5, 0.6) is 11.5 Å². The number of aromatic nitrogens is 1. The van der Waals surface area contributed by atoms with Crippen LogP contribution in [0.15, 0.2) is 59.2 Å². The lowest BCUT2D eigenvalue weighted by Crippen LogP contribution is -2.44. The smallest absolute Gasteiger partial charge is 0.275 e. The summed E-state index contributed by atoms with van der Waals surface area (Å²) in [7, 11) is 2.09.